The van der Waals surface area contributed by atoms with E-state index < -0.39 is 0 Å². The van der Waals surface area contributed by atoms with Crippen LogP contribution in [0.1, 0.15) is 33.1 Å². The van der Waals surface area contributed by atoms with Crippen molar-refractivity contribution in [3.05, 3.63) is 24.3 Å². The number of benzene rings is 1. The molecule has 1 aliphatic heterocycles. The highest BCUT2D eigenvalue weighted by atomic mass is 16.6. The van der Waals surface area contributed by atoms with Gasteiger partial charge in [-0.2, -0.15) is 0 Å². The van der Waals surface area contributed by atoms with Gasteiger partial charge in [-0.25, -0.2) is 4.79 Å². The van der Waals surface area contributed by atoms with Crippen molar-refractivity contribution in [2.24, 2.45) is 0 Å². The molecule has 4 nitrogen and oxygen atoms in total. The molecule has 0 radical (unpaired) electrons. The van der Waals surface area contributed by atoms with Crippen molar-refractivity contribution < 1.29 is 9.53 Å². The van der Waals surface area contributed by atoms with Gasteiger partial charge in [0.05, 0.1) is 6.54 Å². The van der Waals surface area contributed by atoms with E-state index in [0.29, 0.717) is 19.2 Å². The maximum Gasteiger partial charge on any atom is 0.414 e. The Morgan fingerprint density at radius 1 is 1.42 bits per heavy atom. The minimum atomic E-state index is -0.252. The van der Waals surface area contributed by atoms with Gasteiger partial charge in [-0.1, -0.05) is 26.3 Å². The summed E-state index contributed by atoms with van der Waals surface area (Å²) in [5, 5.41) is 3.53. The minimum absolute atomic E-state index is 0.252. The van der Waals surface area contributed by atoms with Crippen molar-refractivity contribution >= 4 is 17.5 Å². The molecule has 104 valence electrons. The normalized spacial score (nSPS) is 16.3. The van der Waals surface area contributed by atoms with Crippen molar-refractivity contribution in [2.45, 2.75) is 39.2 Å². The average molecular weight is 262 g/mol. The van der Waals surface area contributed by atoms with Gasteiger partial charge in [-0.15, -0.1) is 0 Å². The number of amides is 1. The lowest BCUT2D eigenvalue weighted by Gasteiger charge is -2.19. The number of nitrogens with zero attached hydrogens (tertiary/aromatic N) is 1. The summed E-state index contributed by atoms with van der Waals surface area (Å²) in [5.74, 6) is 0. The van der Waals surface area contributed by atoms with Crippen molar-refractivity contribution in [2.75, 3.05) is 23.4 Å². The zero-order chi connectivity index (χ0) is 13.7. The first-order chi connectivity index (χ1) is 9.24. The number of carbonyl (C=O) groups excluding carboxylic acids is 1. The van der Waals surface area contributed by atoms with Crippen LogP contribution in [0.25, 0.3) is 0 Å². The first kappa shape index (κ1) is 13.7. The molecule has 1 aliphatic rings. The van der Waals surface area contributed by atoms with E-state index in [4.69, 9.17) is 4.74 Å². The van der Waals surface area contributed by atoms with Gasteiger partial charge in [-0.3, -0.25) is 4.90 Å². The number of hydrogen-bond donors (Lipinski definition) is 1. The molecule has 1 saturated heterocycles. The van der Waals surface area contributed by atoms with Crippen LogP contribution >= 0.6 is 0 Å². The molecule has 1 unspecified atom stereocenters. The molecule has 4 heteroatoms. The summed E-state index contributed by atoms with van der Waals surface area (Å²) in [6, 6.07) is 8.47. The lowest BCUT2D eigenvalue weighted by atomic mass is 10.1. The number of ether oxygens (including phenoxy) is 1. The van der Waals surface area contributed by atoms with Crippen LogP contribution < -0.4 is 10.2 Å². The number of hydrogen-bond acceptors (Lipinski definition) is 3. The lowest BCUT2D eigenvalue weighted by molar-refractivity contribution is 0.181. The second-order valence-corrected chi connectivity index (χ2v) is 4.85. The predicted octanol–water partition coefficient (Wildman–Crippen LogP) is 3.63. The molecule has 2 rings (SSSR count). The summed E-state index contributed by atoms with van der Waals surface area (Å²) in [6.07, 6.45) is 3.18. The number of nitrogens with one attached hydrogen (secondary N) is 1. The minimum Gasteiger partial charge on any atom is -0.447 e. The SMILES string of the molecule is CCCC(CC)Nc1cccc(N2CCOC2=O)c1. The number of carbonyl (C=O) groups is 1. The van der Waals surface area contributed by atoms with Crippen LogP contribution in [0, 0.1) is 0 Å². The zero-order valence-electron chi connectivity index (χ0n) is 11.7. The predicted molar refractivity (Wildman–Crippen MR) is 77.7 cm³/mol. The molecule has 1 aromatic rings. The van der Waals surface area contributed by atoms with Crippen LogP contribution in [0.4, 0.5) is 16.2 Å². The van der Waals surface area contributed by atoms with E-state index in [1.807, 2.05) is 24.3 Å². The maximum atomic E-state index is 11.6. The Morgan fingerprint density at radius 3 is 2.89 bits per heavy atom. The quantitative estimate of drug-likeness (QED) is 0.851. The Bertz CT molecular complexity index is 434. The maximum absolute atomic E-state index is 11.6. The van der Waals surface area contributed by atoms with Crippen LogP contribution in [0.3, 0.4) is 0 Å². The largest absolute Gasteiger partial charge is 0.447 e. The third-order valence-electron chi connectivity index (χ3n) is 3.42. The van der Waals surface area contributed by atoms with Crippen molar-refractivity contribution in [3.8, 4) is 0 Å². The molecular weight excluding hydrogens is 240 g/mol. The van der Waals surface area contributed by atoms with Crippen LogP contribution in [0.15, 0.2) is 24.3 Å². The molecule has 1 fully saturated rings. The van der Waals surface area contributed by atoms with E-state index in [0.717, 1.165) is 24.2 Å². The fraction of sp³-hybridized carbons (Fsp3) is 0.533. The highest BCUT2D eigenvalue weighted by Gasteiger charge is 2.23. The van der Waals surface area contributed by atoms with Gasteiger partial charge >= 0.3 is 6.09 Å². The van der Waals surface area contributed by atoms with Crippen LogP contribution in [0.2, 0.25) is 0 Å². The monoisotopic (exact) mass is 262 g/mol. The highest BCUT2D eigenvalue weighted by Crippen LogP contribution is 2.23. The number of rotatable bonds is 6. The van der Waals surface area contributed by atoms with E-state index in [-0.39, 0.29) is 6.09 Å². The zero-order valence-corrected chi connectivity index (χ0v) is 11.7. The highest BCUT2D eigenvalue weighted by molar-refractivity contribution is 5.89. The number of anilines is 2. The molecule has 0 bridgehead atoms. The van der Waals surface area contributed by atoms with Crippen LogP contribution in [-0.4, -0.2) is 25.3 Å². The molecule has 0 spiro atoms. The number of cyclic esters (lactones) is 1. The van der Waals surface area contributed by atoms with E-state index in [1.165, 1.54) is 6.42 Å². The topological polar surface area (TPSA) is 41.6 Å². The van der Waals surface area contributed by atoms with E-state index >= 15 is 0 Å². The van der Waals surface area contributed by atoms with Gasteiger partial charge in [-0.05, 0) is 31.0 Å². The Morgan fingerprint density at radius 2 is 2.26 bits per heavy atom. The second kappa shape index (κ2) is 6.45. The Kier molecular flexibility index (Phi) is 4.66. The molecule has 0 aliphatic carbocycles. The molecule has 1 amide bonds. The van der Waals surface area contributed by atoms with Gasteiger partial charge in [0.1, 0.15) is 6.61 Å². The molecule has 1 aromatic carbocycles. The standard InChI is InChI=1S/C15H22N2O2/c1-3-6-12(4-2)16-13-7-5-8-14(11-13)17-9-10-19-15(17)18/h5,7-8,11-12,16H,3-4,6,9-10H2,1-2H3. The van der Waals surface area contributed by atoms with Crippen LogP contribution in [-0.2, 0) is 4.74 Å². The third-order valence-corrected chi connectivity index (χ3v) is 3.42. The molecule has 0 aromatic heterocycles. The molecule has 19 heavy (non-hydrogen) atoms. The summed E-state index contributed by atoms with van der Waals surface area (Å²) in [7, 11) is 0. The van der Waals surface area contributed by atoms with Crippen LogP contribution in [0.5, 0.6) is 0 Å². The molecular formula is C15H22N2O2. The van der Waals surface area contributed by atoms with Gasteiger partial charge in [0.15, 0.2) is 0 Å². The fourth-order valence-electron chi connectivity index (χ4n) is 2.35. The summed E-state index contributed by atoms with van der Waals surface area (Å²) in [6.45, 7) is 5.49. The van der Waals surface area contributed by atoms with Gasteiger partial charge in [0.25, 0.3) is 0 Å². The van der Waals surface area contributed by atoms with Crippen molar-refractivity contribution in [1.82, 2.24) is 0 Å². The Labute approximate surface area is 114 Å². The molecule has 1 N–H and O–H groups in total. The second-order valence-electron chi connectivity index (χ2n) is 4.85. The van der Waals surface area contributed by atoms with Crippen molar-refractivity contribution in [3.63, 3.8) is 0 Å². The summed E-state index contributed by atoms with van der Waals surface area (Å²) < 4.78 is 4.97. The third kappa shape index (κ3) is 3.40. The van der Waals surface area contributed by atoms with E-state index in [2.05, 4.69) is 19.2 Å². The smallest absolute Gasteiger partial charge is 0.414 e. The van der Waals surface area contributed by atoms with Gasteiger partial charge in [0, 0.05) is 17.4 Å². The average Bonchev–Trinajstić information content (AvgIpc) is 2.85. The lowest BCUT2D eigenvalue weighted by Crippen LogP contribution is -2.23. The van der Waals surface area contributed by atoms with E-state index in [9.17, 15) is 4.79 Å². The molecule has 0 saturated carbocycles. The fourth-order valence-corrected chi connectivity index (χ4v) is 2.35. The molecule has 1 heterocycles. The summed E-state index contributed by atoms with van der Waals surface area (Å²) in [5.41, 5.74) is 1.97. The summed E-state index contributed by atoms with van der Waals surface area (Å²) >= 11 is 0. The van der Waals surface area contributed by atoms with Crippen molar-refractivity contribution in [1.29, 1.82) is 0 Å². The van der Waals surface area contributed by atoms with Gasteiger partial charge in [0.2, 0.25) is 0 Å². The Balaban J connectivity index is 2.08. The first-order valence-electron chi connectivity index (χ1n) is 7.05. The van der Waals surface area contributed by atoms with Gasteiger partial charge < -0.3 is 10.1 Å². The first-order valence-corrected chi connectivity index (χ1v) is 7.05. The van der Waals surface area contributed by atoms with E-state index in [1.54, 1.807) is 4.90 Å². The summed E-state index contributed by atoms with van der Waals surface area (Å²) in [4.78, 5) is 13.2. The molecule has 1 atom stereocenters. The Hall–Kier alpha value is -1.71.